The summed E-state index contributed by atoms with van der Waals surface area (Å²) < 4.78 is 0. The van der Waals surface area contributed by atoms with Gasteiger partial charge in [-0.2, -0.15) is 0 Å². The van der Waals surface area contributed by atoms with Gasteiger partial charge >= 0.3 is 0 Å². The molecule has 0 saturated heterocycles. The molecule has 1 heteroatoms. The van der Waals surface area contributed by atoms with Gasteiger partial charge in [-0.25, -0.2) is 0 Å². The van der Waals surface area contributed by atoms with E-state index in [0.29, 0.717) is 0 Å². The van der Waals surface area contributed by atoms with Crippen molar-refractivity contribution in [3.63, 3.8) is 0 Å². The van der Waals surface area contributed by atoms with Crippen LogP contribution in [0.3, 0.4) is 0 Å². The van der Waals surface area contributed by atoms with E-state index >= 15 is 0 Å². The van der Waals surface area contributed by atoms with Crippen LogP contribution in [0.15, 0.2) is 48.5 Å². The first-order valence-electron chi connectivity index (χ1n) is 5.92. The third-order valence-corrected chi connectivity index (χ3v) is 3.03. The Kier molecular flexibility index (Phi) is 3.38. The van der Waals surface area contributed by atoms with Crippen LogP contribution in [0.2, 0.25) is 0 Å². The smallest absolute Gasteiger partial charge is 0.193 e. The van der Waals surface area contributed by atoms with Gasteiger partial charge in [0.15, 0.2) is 5.78 Å². The maximum absolute atomic E-state index is 12.4. The fraction of sp³-hybridized carbons (Fsp3) is 0.188. The van der Waals surface area contributed by atoms with Crippen LogP contribution in [-0.4, -0.2) is 5.78 Å². The largest absolute Gasteiger partial charge is 0.289 e. The highest BCUT2D eigenvalue weighted by atomic mass is 16.1. The monoisotopic (exact) mass is 224 g/mol. The molecule has 0 aromatic heterocycles. The van der Waals surface area contributed by atoms with E-state index in [0.717, 1.165) is 28.7 Å². The van der Waals surface area contributed by atoms with E-state index in [1.807, 2.05) is 55.5 Å². The zero-order valence-corrected chi connectivity index (χ0v) is 10.2. The molecule has 0 unspecified atom stereocenters. The molecule has 0 saturated carbocycles. The topological polar surface area (TPSA) is 17.1 Å². The quantitative estimate of drug-likeness (QED) is 0.725. The Hall–Kier alpha value is -1.89. The fourth-order valence-electron chi connectivity index (χ4n) is 2.02. The van der Waals surface area contributed by atoms with Gasteiger partial charge in [-0.3, -0.25) is 4.79 Å². The van der Waals surface area contributed by atoms with E-state index < -0.39 is 0 Å². The van der Waals surface area contributed by atoms with Crippen molar-refractivity contribution in [2.45, 2.75) is 20.3 Å². The molecule has 0 fully saturated rings. The molecule has 2 aromatic rings. The molecule has 0 atom stereocenters. The zero-order valence-electron chi connectivity index (χ0n) is 10.2. The molecule has 0 N–H and O–H groups in total. The minimum atomic E-state index is 0.126. The number of benzene rings is 2. The number of hydrogen-bond donors (Lipinski definition) is 0. The van der Waals surface area contributed by atoms with Gasteiger partial charge in [0.05, 0.1) is 0 Å². The summed E-state index contributed by atoms with van der Waals surface area (Å²) in [6.07, 6.45) is 0.883. The van der Waals surface area contributed by atoms with Gasteiger partial charge in [-0.05, 0) is 24.5 Å². The number of carbonyl (C=O) groups excluding carboxylic acids is 1. The molecule has 1 nitrogen and oxygen atoms in total. The van der Waals surface area contributed by atoms with E-state index in [2.05, 4.69) is 6.92 Å². The second-order valence-electron chi connectivity index (χ2n) is 4.15. The lowest BCUT2D eigenvalue weighted by Crippen LogP contribution is -2.06. The van der Waals surface area contributed by atoms with Crippen LogP contribution in [0.1, 0.15) is 34.0 Å². The van der Waals surface area contributed by atoms with Gasteiger partial charge in [0.25, 0.3) is 0 Å². The number of ketones is 1. The molecule has 2 aromatic carbocycles. The van der Waals surface area contributed by atoms with Gasteiger partial charge in [0.1, 0.15) is 0 Å². The molecular weight excluding hydrogens is 208 g/mol. The van der Waals surface area contributed by atoms with Gasteiger partial charge in [-0.15, -0.1) is 0 Å². The second-order valence-corrected chi connectivity index (χ2v) is 4.15. The van der Waals surface area contributed by atoms with E-state index in [1.165, 1.54) is 0 Å². The Balaban J connectivity index is 2.48. The van der Waals surface area contributed by atoms with Crippen molar-refractivity contribution in [3.05, 3.63) is 70.8 Å². The minimum absolute atomic E-state index is 0.126. The Labute approximate surface area is 102 Å². The summed E-state index contributed by atoms with van der Waals surface area (Å²) in [6, 6.07) is 15.6. The van der Waals surface area contributed by atoms with Crippen molar-refractivity contribution in [3.8, 4) is 0 Å². The molecule has 86 valence electrons. The van der Waals surface area contributed by atoms with Crippen molar-refractivity contribution in [2.24, 2.45) is 0 Å². The Morgan fingerprint density at radius 1 is 0.941 bits per heavy atom. The second kappa shape index (κ2) is 4.96. The number of aryl methyl sites for hydroxylation is 2. The Morgan fingerprint density at radius 3 is 2.18 bits per heavy atom. The highest BCUT2D eigenvalue weighted by Gasteiger charge is 2.13. The molecule has 0 bridgehead atoms. The predicted octanol–water partition coefficient (Wildman–Crippen LogP) is 3.79. The number of hydrogen-bond acceptors (Lipinski definition) is 1. The average molecular weight is 224 g/mol. The van der Waals surface area contributed by atoms with E-state index in [1.54, 1.807) is 0 Å². The van der Waals surface area contributed by atoms with Gasteiger partial charge < -0.3 is 0 Å². The average Bonchev–Trinajstić information content (AvgIpc) is 2.38. The van der Waals surface area contributed by atoms with E-state index in [4.69, 9.17) is 0 Å². The molecular formula is C16H16O. The lowest BCUT2D eigenvalue weighted by atomic mass is 9.95. The van der Waals surface area contributed by atoms with Crippen LogP contribution in [-0.2, 0) is 6.42 Å². The summed E-state index contributed by atoms with van der Waals surface area (Å²) in [4.78, 5) is 12.4. The normalized spacial score (nSPS) is 10.2. The zero-order chi connectivity index (χ0) is 12.3. The van der Waals surface area contributed by atoms with Crippen LogP contribution in [0.4, 0.5) is 0 Å². The standard InChI is InChI=1S/C16H16O/c1-3-13-9-5-7-11-15(13)16(17)14-10-6-4-8-12(14)2/h4-11H,3H2,1-2H3. The van der Waals surface area contributed by atoms with E-state index in [9.17, 15) is 4.79 Å². The maximum Gasteiger partial charge on any atom is 0.193 e. The summed E-state index contributed by atoms with van der Waals surface area (Å²) in [7, 11) is 0. The molecule has 2 rings (SSSR count). The number of rotatable bonds is 3. The molecule has 0 aliphatic carbocycles. The first kappa shape index (κ1) is 11.6. The third kappa shape index (κ3) is 2.28. The molecule has 0 radical (unpaired) electrons. The van der Waals surface area contributed by atoms with Crippen LogP contribution < -0.4 is 0 Å². The van der Waals surface area contributed by atoms with Crippen LogP contribution in [0, 0.1) is 6.92 Å². The third-order valence-electron chi connectivity index (χ3n) is 3.03. The summed E-state index contributed by atoms with van der Waals surface area (Å²) in [5, 5.41) is 0. The van der Waals surface area contributed by atoms with Crippen LogP contribution >= 0.6 is 0 Å². The predicted molar refractivity (Wildman–Crippen MR) is 70.4 cm³/mol. The molecule has 0 aliphatic rings. The first-order chi connectivity index (χ1) is 8.24. The van der Waals surface area contributed by atoms with Gasteiger partial charge in [0.2, 0.25) is 0 Å². The molecule has 17 heavy (non-hydrogen) atoms. The highest BCUT2D eigenvalue weighted by molar-refractivity contribution is 6.10. The van der Waals surface area contributed by atoms with Crippen LogP contribution in [0.25, 0.3) is 0 Å². The highest BCUT2D eigenvalue weighted by Crippen LogP contribution is 2.17. The van der Waals surface area contributed by atoms with Crippen molar-refractivity contribution in [2.75, 3.05) is 0 Å². The molecule has 0 spiro atoms. The summed E-state index contributed by atoms with van der Waals surface area (Å²) in [5.74, 6) is 0.126. The number of carbonyl (C=O) groups is 1. The first-order valence-corrected chi connectivity index (χ1v) is 5.92. The Morgan fingerprint density at radius 2 is 1.53 bits per heavy atom. The SMILES string of the molecule is CCc1ccccc1C(=O)c1ccccc1C. The van der Waals surface area contributed by atoms with Gasteiger partial charge in [-0.1, -0.05) is 55.5 Å². The van der Waals surface area contributed by atoms with Crippen molar-refractivity contribution < 1.29 is 4.79 Å². The van der Waals surface area contributed by atoms with Gasteiger partial charge in [0, 0.05) is 11.1 Å². The molecule has 0 aliphatic heterocycles. The fourth-order valence-corrected chi connectivity index (χ4v) is 2.02. The van der Waals surface area contributed by atoms with Crippen molar-refractivity contribution in [1.29, 1.82) is 0 Å². The van der Waals surface area contributed by atoms with Crippen molar-refractivity contribution in [1.82, 2.24) is 0 Å². The molecule has 0 amide bonds. The van der Waals surface area contributed by atoms with E-state index in [-0.39, 0.29) is 5.78 Å². The summed E-state index contributed by atoms with van der Waals surface area (Å²) >= 11 is 0. The molecule has 0 heterocycles. The van der Waals surface area contributed by atoms with Crippen LogP contribution in [0.5, 0.6) is 0 Å². The lowest BCUT2D eigenvalue weighted by Gasteiger charge is -2.08. The maximum atomic E-state index is 12.4. The minimum Gasteiger partial charge on any atom is -0.289 e. The lowest BCUT2D eigenvalue weighted by molar-refractivity contribution is 0.103. The van der Waals surface area contributed by atoms with Crippen molar-refractivity contribution >= 4 is 5.78 Å². The summed E-state index contributed by atoms with van der Waals surface area (Å²) in [6.45, 7) is 4.05. The summed E-state index contributed by atoms with van der Waals surface area (Å²) in [5.41, 5.74) is 3.77. The Bertz CT molecular complexity index is 541.